The molecule has 5 heteroatoms. The van der Waals surface area contributed by atoms with E-state index in [9.17, 15) is 0 Å². The van der Waals surface area contributed by atoms with Crippen molar-refractivity contribution in [1.82, 2.24) is 0 Å². The van der Waals surface area contributed by atoms with Crippen molar-refractivity contribution >= 4 is 37.7 Å². The van der Waals surface area contributed by atoms with Crippen molar-refractivity contribution in [2.45, 2.75) is 52.2 Å². The van der Waals surface area contributed by atoms with Gasteiger partial charge in [-0.3, -0.25) is 0 Å². The molecule has 0 unspecified atom stereocenters. The van der Waals surface area contributed by atoms with Gasteiger partial charge in [0, 0.05) is 0 Å². The molecule has 1 aromatic carbocycles. The Morgan fingerprint density at radius 2 is 1.75 bits per heavy atom. The van der Waals surface area contributed by atoms with Crippen LogP contribution >= 0.6 is 24.8 Å². The zero-order valence-electron chi connectivity index (χ0n) is 15.6. The monoisotopic (exact) mass is 420 g/mol. The molecule has 0 heterocycles. The van der Waals surface area contributed by atoms with Gasteiger partial charge in [-0.15, -0.1) is 24.8 Å². The summed E-state index contributed by atoms with van der Waals surface area (Å²) in [4.78, 5) is 4.44. The molecular weight excluding hydrogens is 391 g/mol. The summed E-state index contributed by atoms with van der Waals surface area (Å²) in [6, 6.07) is 8.54. The van der Waals surface area contributed by atoms with Crippen LogP contribution in [0.2, 0.25) is 19.6 Å². The minimum absolute atomic E-state index is 0. The summed E-state index contributed by atoms with van der Waals surface area (Å²) in [7, 11) is -1.29. The summed E-state index contributed by atoms with van der Waals surface area (Å²) < 4.78 is 7.87. The molecule has 1 aliphatic rings. The second kappa shape index (κ2) is 9.00. The molecule has 0 N–H and O–H groups in total. The van der Waals surface area contributed by atoms with Crippen LogP contribution in [-0.4, -0.2) is 12.9 Å². The van der Waals surface area contributed by atoms with Crippen molar-refractivity contribution < 1.29 is 21.1 Å². The van der Waals surface area contributed by atoms with Crippen molar-refractivity contribution in [3.63, 3.8) is 0 Å². The van der Waals surface area contributed by atoms with Gasteiger partial charge in [-0.1, -0.05) is 0 Å². The molecule has 1 nitrogen and oxygen atoms in total. The van der Waals surface area contributed by atoms with Gasteiger partial charge in [-0.05, 0) is 0 Å². The third-order valence-electron chi connectivity index (χ3n) is 4.02. The van der Waals surface area contributed by atoms with Crippen molar-refractivity contribution in [1.29, 1.82) is 0 Å². The molecule has 2 rings (SSSR count). The number of allylic oxidation sites excluding steroid dienone is 4. The van der Waals surface area contributed by atoms with Crippen molar-refractivity contribution in [3.05, 3.63) is 51.1 Å². The van der Waals surface area contributed by atoms with Gasteiger partial charge in [0.25, 0.3) is 0 Å². The molecule has 0 aromatic heterocycles. The molecule has 134 valence electrons. The molecule has 0 bridgehead atoms. The van der Waals surface area contributed by atoms with Crippen LogP contribution in [0.15, 0.2) is 45.5 Å². The van der Waals surface area contributed by atoms with E-state index in [1.807, 2.05) is 0 Å². The van der Waals surface area contributed by atoms with E-state index in [4.69, 9.17) is 3.32 Å². The van der Waals surface area contributed by atoms with Crippen LogP contribution in [0.25, 0.3) is 0 Å². The fourth-order valence-electron chi connectivity index (χ4n) is 2.70. The van der Waals surface area contributed by atoms with Gasteiger partial charge in [0.2, 0.25) is 0 Å². The van der Waals surface area contributed by atoms with Crippen LogP contribution in [0, 0.1) is 0 Å². The molecule has 1 aromatic rings. The number of hydrogen-bond acceptors (Lipinski definition) is 1. The third-order valence-corrected chi connectivity index (χ3v) is 9.04. The molecule has 0 radical (unpaired) electrons. The van der Waals surface area contributed by atoms with E-state index in [0.29, 0.717) is 0 Å². The maximum atomic E-state index is 6.34. The van der Waals surface area contributed by atoms with Crippen molar-refractivity contribution in [2.75, 3.05) is 0 Å². The Hall–Kier alpha value is -0.119. The zero-order valence-corrected chi connectivity index (χ0v) is 19.8. The van der Waals surface area contributed by atoms with Crippen LogP contribution in [-0.2, 0) is 23.2 Å². The van der Waals surface area contributed by atoms with Gasteiger partial charge in [-0.2, -0.15) is 0 Å². The Kier molecular flexibility index (Phi) is 8.96. The van der Waals surface area contributed by atoms with Crippen molar-refractivity contribution in [2.24, 2.45) is 0 Å². The van der Waals surface area contributed by atoms with Crippen LogP contribution in [0.5, 0.6) is 5.75 Å². The van der Waals surface area contributed by atoms with E-state index in [2.05, 4.69) is 81.6 Å². The topological polar surface area (TPSA) is 9.23 Å². The first kappa shape index (κ1) is 23.9. The summed E-state index contributed by atoms with van der Waals surface area (Å²) in [6.45, 7) is 13.9. The van der Waals surface area contributed by atoms with Gasteiger partial charge in [0.1, 0.15) is 0 Å². The molecule has 0 saturated carbocycles. The summed E-state index contributed by atoms with van der Waals surface area (Å²) in [5, 5.41) is 1.57. The first-order valence-electron chi connectivity index (χ1n) is 7.97. The van der Waals surface area contributed by atoms with Gasteiger partial charge < -0.3 is 0 Å². The molecule has 0 atom stereocenters. The average molecular weight is 421 g/mol. The molecule has 0 saturated heterocycles. The third kappa shape index (κ3) is 6.00. The predicted molar refractivity (Wildman–Crippen MR) is 112 cm³/mol. The average Bonchev–Trinajstić information content (AvgIpc) is 2.87. The fourth-order valence-corrected chi connectivity index (χ4v) is 8.63. The van der Waals surface area contributed by atoms with E-state index < -0.39 is 25.9 Å². The Bertz CT molecular complexity index is 652. The summed E-state index contributed by atoms with van der Waals surface area (Å²) in [6.07, 6.45) is 5.67. The fraction of sp³-hybridized carbons (Fsp3) is 0.421. The predicted octanol–water partition coefficient (Wildman–Crippen LogP) is 6.26. The van der Waals surface area contributed by atoms with Crippen molar-refractivity contribution in [3.8, 4) is 5.75 Å². The van der Waals surface area contributed by atoms with E-state index in [0.717, 1.165) is 12.2 Å². The number of hydrogen-bond donors (Lipinski definition) is 0. The number of benzene rings is 1. The molecule has 0 spiro atoms. The Morgan fingerprint density at radius 1 is 1.12 bits per heavy atom. The normalized spacial score (nSPS) is 14.1. The second-order valence-corrected chi connectivity index (χ2v) is 15.7. The van der Waals surface area contributed by atoms with E-state index in [-0.39, 0.29) is 30.2 Å². The number of halogens is 2. The van der Waals surface area contributed by atoms with E-state index in [1.165, 1.54) is 9.44 Å². The molecule has 1 aliphatic carbocycles. The van der Waals surface area contributed by atoms with E-state index in [1.54, 1.807) is 5.20 Å². The molecule has 0 aliphatic heterocycles. The zero-order chi connectivity index (χ0) is 16.5. The maximum absolute atomic E-state index is 6.34. The summed E-state index contributed by atoms with van der Waals surface area (Å²) in [5.41, 5.74) is 1.47. The SMILES string of the molecule is Cl.Cl.[CH2]=[Ti]([O]c1cccc(C(C)(C)C)c1)[C]1=C([Si](C)(C)C)C=CC1. The minimum atomic E-state index is -1.91. The Morgan fingerprint density at radius 3 is 2.29 bits per heavy atom. The first-order valence-corrected chi connectivity index (χ1v) is 14.0. The summed E-state index contributed by atoms with van der Waals surface area (Å²) >= 11 is -1.91. The van der Waals surface area contributed by atoms with Gasteiger partial charge in [0.05, 0.1) is 0 Å². The molecular formula is C19H30Cl2OSiTi. The molecule has 0 amide bonds. The molecule has 0 fully saturated rings. The Labute approximate surface area is 167 Å². The molecule has 24 heavy (non-hydrogen) atoms. The van der Waals surface area contributed by atoms with Gasteiger partial charge in [-0.25, -0.2) is 0 Å². The van der Waals surface area contributed by atoms with Crippen LogP contribution in [0.3, 0.4) is 0 Å². The van der Waals surface area contributed by atoms with Crippen LogP contribution < -0.4 is 3.32 Å². The standard InChI is InChI=1S/C10H14O.C8H13Si.CH2.2ClH.Ti/c1-10(2,3)8-5-4-6-9(11)7-8;1-9(2,3)8-6-4-5-7-8;;;;/h4-7,11H,1-3H3;4,6H,5H2,1-3H3;1H2;2*1H;/q;;;;;+1/p-1. The van der Waals surface area contributed by atoms with Gasteiger partial charge >= 0.3 is 143 Å². The summed E-state index contributed by atoms with van der Waals surface area (Å²) in [5.74, 6) is 0.992. The van der Waals surface area contributed by atoms with Gasteiger partial charge in [0.15, 0.2) is 0 Å². The number of rotatable bonds is 4. The van der Waals surface area contributed by atoms with Crippen LogP contribution in [0.4, 0.5) is 0 Å². The first-order chi connectivity index (χ1) is 10.1. The second-order valence-electron chi connectivity index (χ2n) is 8.05. The Balaban J connectivity index is 0.00000264. The van der Waals surface area contributed by atoms with E-state index >= 15 is 0 Å². The quantitative estimate of drug-likeness (QED) is 0.522. The van der Waals surface area contributed by atoms with Crippen LogP contribution in [0.1, 0.15) is 32.8 Å².